The summed E-state index contributed by atoms with van der Waals surface area (Å²) in [6, 6.07) is 18.1. The Morgan fingerprint density at radius 1 is 1.03 bits per heavy atom. The minimum atomic E-state index is 0.0310. The van der Waals surface area contributed by atoms with Gasteiger partial charge in [-0.2, -0.15) is 0 Å². The number of aryl methyl sites for hydroxylation is 1. The highest BCUT2D eigenvalue weighted by atomic mass is 16.3. The first-order valence-corrected chi connectivity index (χ1v) is 11.1. The summed E-state index contributed by atoms with van der Waals surface area (Å²) in [5.74, 6) is 0.459. The van der Waals surface area contributed by atoms with Crippen LogP contribution in [0.4, 0.5) is 0 Å². The molecule has 1 aliphatic rings. The first-order valence-electron chi connectivity index (χ1n) is 11.1. The lowest BCUT2D eigenvalue weighted by Crippen LogP contribution is -2.39. The van der Waals surface area contributed by atoms with Crippen molar-refractivity contribution in [1.29, 1.82) is 0 Å². The summed E-state index contributed by atoms with van der Waals surface area (Å²) in [6.45, 7) is 1.57. The van der Waals surface area contributed by atoms with Crippen molar-refractivity contribution in [2.45, 2.75) is 44.6 Å². The van der Waals surface area contributed by atoms with Gasteiger partial charge in [0.05, 0.1) is 24.2 Å². The Labute approximate surface area is 183 Å². The zero-order valence-corrected chi connectivity index (χ0v) is 17.8. The summed E-state index contributed by atoms with van der Waals surface area (Å²) >= 11 is 0. The van der Waals surface area contributed by atoms with Crippen LogP contribution in [0.3, 0.4) is 0 Å². The van der Waals surface area contributed by atoms with E-state index in [4.69, 9.17) is 4.98 Å². The van der Waals surface area contributed by atoms with Gasteiger partial charge in [0.15, 0.2) is 0 Å². The number of hydrogen-bond donors (Lipinski definition) is 1. The number of piperidine rings is 1. The number of likely N-dealkylation sites (tertiary alicyclic amines) is 1. The number of aliphatic hydroxyl groups is 1. The van der Waals surface area contributed by atoms with Crippen molar-refractivity contribution in [1.82, 2.24) is 14.9 Å². The number of benzene rings is 2. The molecular weight excluding hydrogens is 386 g/mol. The summed E-state index contributed by atoms with van der Waals surface area (Å²) < 4.78 is 0. The molecule has 1 amide bonds. The minimum absolute atomic E-state index is 0.0310. The van der Waals surface area contributed by atoms with E-state index in [-0.39, 0.29) is 18.4 Å². The predicted molar refractivity (Wildman–Crippen MR) is 121 cm³/mol. The van der Waals surface area contributed by atoms with Crippen LogP contribution >= 0.6 is 0 Å². The zero-order chi connectivity index (χ0) is 21.5. The van der Waals surface area contributed by atoms with Gasteiger partial charge in [0.1, 0.15) is 0 Å². The Kier molecular flexibility index (Phi) is 7.05. The van der Waals surface area contributed by atoms with Gasteiger partial charge in [0.2, 0.25) is 5.91 Å². The minimum Gasteiger partial charge on any atom is -0.392 e. The van der Waals surface area contributed by atoms with E-state index in [1.54, 1.807) is 6.20 Å². The van der Waals surface area contributed by atoms with Crippen molar-refractivity contribution in [3.63, 3.8) is 0 Å². The van der Waals surface area contributed by atoms with Crippen molar-refractivity contribution < 1.29 is 9.90 Å². The van der Waals surface area contributed by atoms with Crippen molar-refractivity contribution >= 4 is 5.91 Å². The third-order valence-electron chi connectivity index (χ3n) is 5.98. The summed E-state index contributed by atoms with van der Waals surface area (Å²) in [5, 5.41) is 9.23. The fourth-order valence-electron chi connectivity index (χ4n) is 4.19. The number of aromatic nitrogens is 2. The molecule has 2 heterocycles. The van der Waals surface area contributed by atoms with Crippen LogP contribution < -0.4 is 0 Å². The number of nitrogens with zero attached hydrogens (tertiary/aromatic N) is 3. The topological polar surface area (TPSA) is 66.3 Å². The molecule has 1 aromatic heterocycles. The molecule has 0 radical (unpaired) electrons. The molecule has 1 N–H and O–H groups in total. The zero-order valence-electron chi connectivity index (χ0n) is 17.8. The molecule has 5 nitrogen and oxygen atoms in total. The van der Waals surface area contributed by atoms with E-state index >= 15 is 0 Å². The molecule has 5 heteroatoms. The van der Waals surface area contributed by atoms with Gasteiger partial charge in [-0.1, -0.05) is 54.6 Å². The second kappa shape index (κ2) is 10.3. The first kappa shape index (κ1) is 21.2. The lowest BCUT2D eigenvalue weighted by Gasteiger charge is -2.32. The molecule has 0 spiro atoms. The Morgan fingerprint density at radius 3 is 2.61 bits per heavy atom. The molecule has 1 atom stereocenters. The van der Waals surface area contributed by atoms with Gasteiger partial charge in [-0.25, -0.2) is 4.98 Å². The molecule has 1 unspecified atom stereocenters. The van der Waals surface area contributed by atoms with Crippen molar-refractivity contribution in [3.8, 4) is 11.3 Å². The Hall–Kier alpha value is -3.05. The quantitative estimate of drug-likeness (QED) is 0.622. The highest BCUT2D eigenvalue weighted by Gasteiger charge is 2.25. The molecule has 0 saturated carbocycles. The predicted octanol–water partition coefficient (Wildman–Crippen LogP) is 4.36. The maximum Gasteiger partial charge on any atom is 0.222 e. The van der Waals surface area contributed by atoms with E-state index < -0.39 is 0 Å². The molecule has 1 fully saturated rings. The van der Waals surface area contributed by atoms with E-state index in [1.165, 1.54) is 5.56 Å². The van der Waals surface area contributed by atoms with Crippen molar-refractivity contribution in [3.05, 3.63) is 83.8 Å². The number of rotatable bonds is 7. The van der Waals surface area contributed by atoms with Crippen LogP contribution in [-0.4, -0.2) is 39.0 Å². The van der Waals surface area contributed by atoms with E-state index in [1.807, 2.05) is 53.6 Å². The van der Waals surface area contributed by atoms with Crippen LogP contribution in [-0.2, 0) is 17.8 Å². The Bertz CT molecular complexity index is 989. The fraction of sp³-hybridized carbons (Fsp3) is 0.346. The number of carbonyl (C=O) groups excluding carboxylic acids is 1. The first-order chi connectivity index (χ1) is 15.2. The molecule has 1 aliphatic heterocycles. The lowest BCUT2D eigenvalue weighted by atomic mass is 9.94. The Balaban J connectivity index is 1.37. The number of amides is 1. The van der Waals surface area contributed by atoms with E-state index in [0.29, 0.717) is 13.0 Å². The number of hydrogen-bond acceptors (Lipinski definition) is 4. The number of carbonyl (C=O) groups is 1. The van der Waals surface area contributed by atoms with E-state index in [0.717, 1.165) is 54.7 Å². The van der Waals surface area contributed by atoms with Gasteiger partial charge in [-0.05, 0) is 36.8 Å². The normalized spacial score (nSPS) is 16.3. The maximum absolute atomic E-state index is 12.8. The van der Waals surface area contributed by atoms with Gasteiger partial charge < -0.3 is 10.0 Å². The van der Waals surface area contributed by atoms with Crippen LogP contribution in [0.2, 0.25) is 0 Å². The van der Waals surface area contributed by atoms with E-state index in [9.17, 15) is 9.90 Å². The van der Waals surface area contributed by atoms with Gasteiger partial charge >= 0.3 is 0 Å². The van der Waals surface area contributed by atoms with Crippen molar-refractivity contribution in [2.24, 2.45) is 0 Å². The van der Waals surface area contributed by atoms with Crippen LogP contribution in [0.25, 0.3) is 11.3 Å². The molecule has 31 heavy (non-hydrogen) atoms. The third-order valence-corrected chi connectivity index (χ3v) is 5.98. The highest BCUT2D eigenvalue weighted by molar-refractivity contribution is 5.76. The van der Waals surface area contributed by atoms with Crippen molar-refractivity contribution in [2.75, 3.05) is 13.1 Å². The molecular formula is C26H29N3O2. The lowest BCUT2D eigenvalue weighted by molar-refractivity contribution is -0.132. The summed E-state index contributed by atoms with van der Waals surface area (Å²) in [5.41, 5.74) is 4.92. The third kappa shape index (κ3) is 5.56. The SMILES string of the molecule is O=C(CCCc1ccccc1)N1CCCC(c2cncc(-c3ccc(CO)cc3)n2)C1. The summed E-state index contributed by atoms with van der Waals surface area (Å²) in [7, 11) is 0. The van der Waals surface area contributed by atoms with Gasteiger partial charge in [0, 0.05) is 37.2 Å². The smallest absolute Gasteiger partial charge is 0.222 e. The van der Waals surface area contributed by atoms with Gasteiger partial charge in [0.25, 0.3) is 0 Å². The maximum atomic E-state index is 12.8. The molecule has 3 aromatic rings. The highest BCUT2D eigenvalue weighted by Crippen LogP contribution is 2.27. The second-order valence-electron chi connectivity index (χ2n) is 8.20. The fourth-order valence-corrected chi connectivity index (χ4v) is 4.19. The summed E-state index contributed by atoms with van der Waals surface area (Å²) in [4.78, 5) is 24.1. The molecule has 0 aliphatic carbocycles. The summed E-state index contributed by atoms with van der Waals surface area (Å²) in [6.07, 6.45) is 8.02. The van der Waals surface area contributed by atoms with E-state index in [2.05, 4.69) is 17.1 Å². The molecule has 4 rings (SSSR count). The molecule has 0 bridgehead atoms. The monoisotopic (exact) mass is 415 g/mol. The largest absolute Gasteiger partial charge is 0.392 e. The molecule has 2 aromatic carbocycles. The van der Waals surface area contributed by atoms with Gasteiger partial charge in [-0.15, -0.1) is 0 Å². The Morgan fingerprint density at radius 2 is 1.84 bits per heavy atom. The van der Waals surface area contributed by atoms with Crippen LogP contribution in [0.5, 0.6) is 0 Å². The second-order valence-corrected chi connectivity index (χ2v) is 8.20. The van der Waals surface area contributed by atoms with Gasteiger partial charge in [-0.3, -0.25) is 9.78 Å². The number of aliphatic hydroxyl groups excluding tert-OH is 1. The standard InChI is InChI=1S/C26H29N3O2/c30-19-21-11-13-22(14-12-21)24-16-27-17-25(28-24)23-9-5-15-29(18-23)26(31)10-4-8-20-6-2-1-3-7-20/h1-3,6-7,11-14,16-17,23,30H,4-5,8-10,15,18-19H2. The average Bonchev–Trinajstić information content (AvgIpc) is 2.85. The van der Waals surface area contributed by atoms with Crippen LogP contribution in [0.1, 0.15) is 48.4 Å². The van der Waals surface area contributed by atoms with Crippen LogP contribution in [0, 0.1) is 0 Å². The average molecular weight is 416 g/mol. The molecule has 160 valence electrons. The molecule has 1 saturated heterocycles. The van der Waals surface area contributed by atoms with Crippen LogP contribution in [0.15, 0.2) is 67.0 Å².